The quantitative estimate of drug-likeness (QED) is 0.632. The zero-order valence-electron chi connectivity index (χ0n) is 12.3. The summed E-state index contributed by atoms with van der Waals surface area (Å²) < 4.78 is 0. The molecule has 2 N–H and O–H groups in total. The fourth-order valence-electron chi connectivity index (χ4n) is 1.84. The fourth-order valence-corrected chi connectivity index (χ4v) is 2.00. The second kappa shape index (κ2) is 8.57. The number of nitrogens with one attached hydrogen (secondary N) is 2. The average molecular weight is 327 g/mol. The lowest BCUT2D eigenvalue weighted by atomic mass is 10.1. The first-order valence-corrected chi connectivity index (χ1v) is 7.37. The standard InChI is InChI=1S/C17H15ClN4O/c18-15-7-9-20-16(10-15)22-12-14(11-19)17(23)21-8-6-13-4-2-1-3-5-13/h1-5,7,9-10,12H,6,8H2,(H,20,22)(H,21,23)/b14-12-. The number of nitriles is 1. The van der Waals surface area contributed by atoms with Crippen molar-refractivity contribution in [3.63, 3.8) is 0 Å². The zero-order chi connectivity index (χ0) is 16.5. The highest BCUT2D eigenvalue weighted by atomic mass is 35.5. The summed E-state index contributed by atoms with van der Waals surface area (Å²) >= 11 is 5.84. The first kappa shape index (κ1) is 16.5. The maximum atomic E-state index is 12.0. The summed E-state index contributed by atoms with van der Waals surface area (Å²) in [5.74, 6) is 0.0281. The Kier molecular flexibility index (Phi) is 6.16. The molecular weight excluding hydrogens is 312 g/mol. The van der Waals surface area contributed by atoms with Crippen molar-refractivity contribution < 1.29 is 4.79 Å². The zero-order valence-corrected chi connectivity index (χ0v) is 13.0. The maximum absolute atomic E-state index is 12.0. The molecule has 0 atom stereocenters. The van der Waals surface area contributed by atoms with Gasteiger partial charge in [0, 0.05) is 24.0 Å². The van der Waals surface area contributed by atoms with E-state index in [9.17, 15) is 4.79 Å². The van der Waals surface area contributed by atoms with Gasteiger partial charge in [-0.1, -0.05) is 41.9 Å². The van der Waals surface area contributed by atoms with Crippen LogP contribution in [0.5, 0.6) is 0 Å². The monoisotopic (exact) mass is 326 g/mol. The molecule has 1 amide bonds. The number of aromatic nitrogens is 1. The highest BCUT2D eigenvalue weighted by Crippen LogP contribution is 2.12. The number of anilines is 1. The minimum Gasteiger partial charge on any atom is -0.351 e. The number of hydrogen-bond donors (Lipinski definition) is 2. The second-order valence-electron chi connectivity index (χ2n) is 4.66. The van der Waals surface area contributed by atoms with E-state index in [0.29, 0.717) is 23.8 Å². The van der Waals surface area contributed by atoms with Crippen LogP contribution in [0, 0.1) is 11.3 Å². The Balaban J connectivity index is 1.88. The van der Waals surface area contributed by atoms with Crippen LogP contribution in [0.15, 0.2) is 60.4 Å². The van der Waals surface area contributed by atoms with Crippen LogP contribution in [-0.2, 0) is 11.2 Å². The van der Waals surface area contributed by atoms with Gasteiger partial charge in [0.2, 0.25) is 0 Å². The van der Waals surface area contributed by atoms with Crippen molar-refractivity contribution in [1.82, 2.24) is 10.3 Å². The van der Waals surface area contributed by atoms with E-state index in [-0.39, 0.29) is 5.57 Å². The fraction of sp³-hybridized carbons (Fsp3) is 0.118. The van der Waals surface area contributed by atoms with Crippen molar-refractivity contribution in [1.29, 1.82) is 5.26 Å². The van der Waals surface area contributed by atoms with Gasteiger partial charge in [0.25, 0.3) is 5.91 Å². The number of carbonyl (C=O) groups is 1. The lowest BCUT2D eigenvalue weighted by Crippen LogP contribution is -2.27. The van der Waals surface area contributed by atoms with Crippen molar-refractivity contribution >= 4 is 23.3 Å². The third-order valence-electron chi connectivity index (χ3n) is 2.99. The minimum absolute atomic E-state index is 0.0279. The third-order valence-corrected chi connectivity index (χ3v) is 3.23. The van der Waals surface area contributed by atoms with E-state index in [0.717, 1.165) is 5.56 Å². The predicted molar refractivity (Wildman–Crippen MR) is 89.7 cm³/mol. The van der Waals surface area contributed by atoms with Crippen LogP contribution in [-0.4, -0.2) is 17.4 Å². The molecule has 0 radical (unpaired) electrons. The van der Waals surface area contributed by atoms with E-state index < -0.39 is 5.91 Å². The Morgan fingerprint density at radius 3 is 2.78 bits per heavy atom. The Labute approximate surface area is 139 Å². The van der Waals surface area contributed by atoms with E-state index in [1.165, 1.54) is 12.4 Å². The van der Waals surface area contributed by atoms with Crippen molar-refractivity contribution in [2.75, 3.05) is 11.9 Å². The molecule has 1 aromatic carbocycles. The Bertz CT molecular complexity index is 738. The number of hydrogen-bond acceptors (Lipinski definition) is 4. The lowest BCUT2D eigenvalue weighted by Gasteiger charge is -2.05. The molecule has 0 fully saturated rings. The lowest BCUT2D eigenvalue weighted by molar-refractivity contribution is -0.117. The topological polar surface area (TPSA) is 77.8 Å². The maximum Gasteiger partial charge on any atom is 0.263 e. The number of amides is 1. The molecule has 0 unspecified atom stereocenters. The van der Waals surface area contributed by atoms with Gasteiger partial charge in [0.05, 0.1) is 0 Å². The molecule has 2 aromatic rings. The molecule has 1 aromatic heterocycles. The highest BCUT2D eigenvalue weighted by molar-refractivity contribution is 6.30. The number of rotatable bonds is 6. The second-order valence-corrected chi connectivity index (χ2v) is 5.10. The van der Waals surface area contributed by atoms with Gasteiger partial charge in [0.15, 0.2) is 0 Å². The molecule has 2 rings (SSSR count). The van der Waals surface area contributed by atoms with Crippen LogP contribution in [0.4, 0.5) is 5.82 Å². The molecule has 0 aliphatic heterocycles. The number of pyridine rings is 1. The average Bonchev–Trinajstić information content (AvgIpc) is 2.56. The summed E-state index contributed by atoms with van der Waals surface area (Å²) in [6, 6.07) is 14.9. The summed E-state index contributed by atoms with van der Waals surface area (Å²) in [4.78, 5) is 16.0. The number of halogens is 1. The summed E-state index contributed by atoms with van der Waals surface area (Å²) in [7, 11) is 0. The molecular formula is C17H15ClN4O. The highest BCUT2D eigenvalue weighted by Gasteiger charge is 2.08. The van der Waals surface area contributed by atoms with Gasteiger partial charge in [-0.2, -0.15) is 5.26 Å². The normalized spacial score (nSPS) is 10.7. The molecule has 116 valence electrons. The smallest absolute Gasteiger partial charge is 0.263 e. The van der Waals surface area contributed by atoms with E-state index >= 15 is 0 Å². The Hall–Kier alpha value is -2.84. The summed E-state index contributed by atoms with van der Waals surface area (Å²) in [6.07, 6.45) is 3.55. The SMILES string of the molecule is N#C/C(=C/Nc1cc(Cl)ccn1)C(=O)NCCc1ccccc1. The molecule has 6 heteroatoms. The number of nitrogens with zero attached hydrogens (tertiary/aromatic N) is 2. The summed E-state index contributed by atoms with van der Waals surface area (Å²) in [6.45, 7) is 0.456. The molecule has 23 heavy (non-hydrogen) atoms. The van der Waals surface area contributed by atoms with Crippen LogP contribution in [0.1, 0.15) is 5.56 Å². The van der Waals surface area contributed by atoms with Gasteiger partial charge in [-0.15, -0.1) is 0 Å². The van der Waals surface area contributed by atoms with Crippen molar-refractivity contribution in [2.45, 2.75) is 6.42 Å². The van der Waals surface area contributed by atoms with Crippen molar-refractivity contribution in [3.8, 4) is 6.07 Å². The van der Waals surface area contributed by atoms with Gasteiger partial charge in [-0.05, 0) is 24.1 Å². The van der Waals surface area contributed by atoms with Crippen LogP contribution < -0.4 is 10.6 Å². The minimum atomic E-state index is -0.432. The van der Waals surface area contributed by atoms with Crippen molar-refractivity contribution in [2.24, 2.45) is 0 Å². The molecule has 0 spiro atoms. The van der Waals surface area contributed by atoms with Crippen LogP contribution >= 0.6 is 11.6 Å². The van der Waals surface area contributed by atoms with Crippen LogP contribution in [0.3, 0.4) is 0 Å². The predicted octanol–water partition coefficient (Wildman–Crippen LogP) is 2.91. The first-order valence-electron chi connectivity index (χ1n) is 6.99. The van der Waals surface area contributed by atoms with Gasteiger partial charge in [-0.25, -0.2) is 4.98 Å². The van der Waals surface area contributed by atoms with Crippen molar-refractivity contribution in [3.05, 3.63) is 71.0 Å². The summed E-state index contributed by atoms with van der Waals surface area (Å²) in [5.41, 5.74) is 1.09. The molecule has 1 heterocycles. The van der Waals surface area contributed by atoms with Gasteiger partial charge < -0.3 is 10.6 Å². The Morgan fingerprint density at radius 2 is 2.09 bits per heavy atom. The number of benzene rings is 1. The summed E-state index contributed by atoms with van der Waals surface area (Å²) in [5, 5.41) is 15.1. The van der Waals surface area contributed by atoms with Crippen LogP contribution in [0.25, 0.3) is 0 Å². The molecule has 0 aliphatic carbocycles. The molecule has 5 nitrogen and oxygen atoms in total. The Morgan fingerprint density at radius 1 is 1.30 bits per heavy atom. The number of carbonyl (C=O) groups excluding carboxylic acids is 1. The first-order chi connectivity index (χ1) is 11.2. The van der Waals surface area contributed by atoms with Gasteiger partial charge in [0.1, 0.15) is 17.5 Å². The third kappa shape index (κ3) is 5.46. The molecule has 0 saturated heterocycles. The van der Waals surface area contributed by atoms with E-state index in [1.807, 2.05) is 36.4 Å². The van der Waals surface area contributed by atoms with E-state index in [4.69, 9.17) is 16.9 Å². The molecule has 0 saturated carbocycles. The molecule has 0 bridgehead atoms. The van der Waals surface area contributed by atoms with Gasteiger partial charge in [-0.3, -0.25) is 4.79 Å². The van der Waals surface area contributed by atoms with Gasteiger partial charge >= 0.3 is 0 Å². The largest absolute Gasteiger partial charge is 0.351 e. The van der Waals surface area contributed by atoms with Crippen LogP contribution in [0.2, 0.25) is 5.02 Å². The van der Waals surface area contributed by atoms with E-state index in [1.54, 1.807) is 12.1 Å². The molecule has 0 aliphatic rings. The van der Waals surface area contributed by atoms with E-state index in [2.05, 4.69) is 15.6 Å².